The van der Waals surface area contributed by atoms with E-state index in [2.05, 4.69) is 30.6 Å². The molecule has 8 nitrogen and oxygen atoms in total. The molecule has 3 aromatic heterocycles. The highest BCUT2D eigenvalue weighted by molar-refractivity contribution is 5.83. The van der Waals surface area contributed by atoms with Crippen molar-refractivity contribution >= 4 is 22.5 Å². The minimum atomic E-state index is -4.62. The molecule has 1 aromatic carbocycles. The molecule has 0 fully saturated rings. The van der Waals surface area contributed by atoms with Crippen LogP contribution >= 0.6 is 0 Å². The Hall–Kier alpha value is -4.02. The second-order valence-electron chi connectivity index (χ2n) is 7.51. The summed E-state index contributed by atoms with van der Waals surface area (Å²) in [5, 5.41) is 7.35. The van der Waals surface area contributed by atoms with Crippen LogP contribution in [0.2, 0.25) is 0 Å². The van der Waals surface area contributed by atoms with Gasteiger partial charge in [-0.2, -0.15) is 13.2 Å². The average Bonchev–Trinajstić information content (AvgIpc) is 3.21. The lowest BCUT2D eigenvalue weighted by Gasteiger charge is -2.21. The molecule has 0 aliphatic carbocycles. The lowest BCUT2D eigenvalue weighted by molar-refractivity contribution is -0.137. The summed E-state index contributed by atoms with van der Waals surface area (Å²) in [7, 11) is 0. The zero-order valence-electron chi connectivity index (χ0n) is 17.2. The summed E-state index contributed by atoms with van der Waals surface area (Å²) in [6, 6.07) is 8.69. The van der Waals surface area contributed by atoms with Crippen molar-refractivity contribution in [1.29, 1.82) is 0 Å². The Morgan fingerprint density at radius 2 is 1.97 bits per heavy atom. The number of pyridine rings is 1. The van der Waals surface area contributed by atoms with Crippen molar-refractivity contribution in [3.8, 4) is 17.1 Å². The van der Waals surface area contributed by atoms with Crippen LogP contribution < -0.4 is 20.9 Å². The van der Waals surface area contributed by atoms with Crippen molar-refractivity contribution in [1.82, 2.24) is 19.9 Å². The van der Waals surface area contributed by atoms with Gasteiger partial charge in [0.05, 0.1) is 17.7 Å². The van der Waals surface area contributed by atoms with Crippen molar-refractivity contribution in [2.75, 3.05) is 30.3 Å². The molecule has 1 aliphatic rings. The molecule has 170 valence electrons. The van der Waals surface area contributed by atoms with E-state index in [0.717, 1.165) is 22.5 Å². The Morgan fingerprint density at radius 1 is 1.12 bits per heavy atom. The predicted molar refractivity (Wildman–Crippen MR) is 118 cm³/mol. The van der Waals surface area contributed by atoms with Crippen LogP contribution in [-0.4, -0.2) is 39.6 Å². The van der Waals surface area contributed by atoms with Crippen molar-refractivity contribution in [2.24, 2.45) is 0 Å². The maximum Gasteiger partial charge on any atom is 0.417 e. The van der Waals surface area contributed by atoms with E-state index in [1.54, 1.807) is 0 Å². The molecule has 4 N–H and O–H groups in total. The van der Waals surface area contributed by atoms with Crippen LogP contribution in [0.5, 0.6) is 5.75 Å². The molecule has 0 radical (unpaired) electrons. The van der Waals surface area contributed by atoms with Crippen LogP contribution in [0.3, 0.4) is 0 Å². The molecule has 4 aromatic rings. The van der Waals surface area contributed by atoms with Gasteiger partial charge in [0.2, 0.25) is 5.75 Å². The molecular weight excluding hydrogens is 437 g/mol. The number of halogens is 3. The third kappa shape index (κ3) is 4.09. The Morgan fingerprint density at radius 3 is 2.82 bits per heavy atom. The Balaban J connectivity index is 1.46. The van der Waals surface area contributed by atoms with Crippen molar-refractivity contribution in [3.05, 3.63) is 64.2 Å². The first-order valence-electron chi connectivity index (χ1n) is 10.3. The first-order chi connectivity index (χ1) is 15.9. The van der Waals surface area contributed by atoms with Gasteiger partial charge in [-0.15, -0.1) is 0 Å². The van der Waals surface area contributed by atoms with Crippen molar-refractivity contribution < 1.29 is 17.9 Å². The second kappa shape index (κ2) is 8.15. The second-order valence-corrected chi connectivity index (χ2v) is 7.51. The molecular formula is C22H19F3N6O2. The molecule has 0 saturated carbocycles. The number of nitrogens with zero attached hydrogens (tertiary/aromatic N) is 2. The fourth-order valence-corrected chi connectivity index (χ4v) is 3.74. The smallest absolute Gasteiger partial charge is 0.417 e. The summed E-state index contributed by atoms with van der Waals surface area (Å²) in [5.74, 6) is 0.859. The van der Waals surface area contributed by atoms with E-state index in [1.807, 2.05) is 30.5 Å². The van der Waals surface area contributed by atoms with Gasteiger partial charge in [0.25, 0.3) is 5.56 Å². The molecule has 0 amide bonds. The number of alkyl halides is 3. The van der Waals surface area contributed by atoms with E-state index in [9.17, 15) is 18.0 Å². The maximum absolute atomic E-state index is 13.2. The van der Waals surface area contributed by atoms with Crippen LogP contribution in [0, 0.1) is 0 Å². The van der Waals surface area contributed by atoms with Gasteiger partial charge in [0.15, 0.2) is 17.5 Å². The molecule has 5 rings (SSSR count). The molecule has 33 heavy (non-hydrogen) atoms. The molecule has 0 atom stereocenters. The quantitative estimate of drug-likeness (QED) is 0.364. The Labute approximate surface area is 185 Å². The van der Waals surface area contributed by atoms with Crippen LogP contribution in [0.25, 0.3) is 22.3 Å². The summed E-state index contributed by atoms with van der Waals surface area (Å²) in [6.45, 7) is 1.33. The molecule has 1 aliphatic heterocycles. The monoisotopic (exact) mass is 456 g/mol. The van der Waals surface area contributed by atoms with Crippen LogP contribution in [-0.2, 0) is 12.6 Å². The molecule has 4 heterocycles. The van der Waals surface area contributed by atoms with Crippen LogP contribution in [0.1, 0.15) is 11.1 Å². The molecule has 0 unspecified atom stereocenters. The average molecular weight is 456 g/mol. The number of hydrogen-bond donors (Lipinski definition) is 4. The normalized spacial score (nSPS) is 13.3. The number of nitrogens with one attached hydrogen (secondary N) is 4. The highest BCUT2D eigenvalue weighted by Gasteiger charge is 2.32. The Kier molecular flexibility index (Phi) is 5.15. The molecule has 0 spiro atoms. The number of benzene rings is 1. The number of aromatic nitrogens is 4. The number of ether oxygens (including phenoxy) is 1. The number of para-hydroxylation sites is 1. The van der Waals surface area contributed by atoms with E-state index in [1.165, 1.54) is 0 Å². The highest BCUT2D eigenvalue weighted by atomic mass is 19.4. The van der Waals surface area contributed by atoms with E-state index in [0.29, 0.717) is 49.7 Å². The molecule has 0 saturated heterocycles. The summed E-state index contributed by atoms with van der Waals surface area (Å²) < 4.78 is 45.2. The lowest BCUT2D eigenvalue weighted by Crippen LogP contribution is -2.22. The van der Waals surface area contributed by atoms with Crippen LogP contribution in [0.4, 0.5) is 24.8 Å². The van der Waals surface area contributed by atoms with Crippen molar-refractivity contribution in [3.63, 3.8) is 0 Å². The van der Waals surface area contributed by atoms with E-state index < -0.39 is 17.3 Å². The van der Waals surface area contributed by atoms with Gasteiger partial charge in [-0.05, 0) is 24.1 Å². The van der Waals surface area contributed by atoms with Crippen molar-refractivity contribution in [2.45, 2.75) is 12.6 Å². The number of aromatic amines is 2. The van der Waals surface area contributed by atoms with Gasteiger partial charge >= 0.3 is 6.18 Å². The van der Waals surface area contributed by atoms with E-state index in [-0.39, 0.29) is 11.4 Å². The number of hydrogen-bond acceptors (Lipinski definition) is 6. The summed E-state index contributed by atoms with van der Waals surface area (Å²) in [4.78, 5) is 26.2. The van der Waals surface area contributed by atoms with Gasteiger partial charge in [-0.1, -0.05) is 18.2 Å². The number of fused-ring (bicyclic) bond motifs is 2. The van der Waals surface area contributed by atoms with Gasteiger partial charge < -0.3 is 25.3 Å². The molecule has 11 heteroatoms. The number of H-pyrrole nitrogens is 2. The number of rotatable bonds is 5. The topological polar surface area (TPSA) is 108 Å². The lowest BCUT2D eigenvalue weighted by atomic mass is 10.1. The van der Waals surface area contributed by atoms with E-state index in [4.69, 9.17) is 4.74 Å². The summed E-state index contributed by atoms with van der Waals surface area (Å²) in [5.41, 5.74) is 0.153. The summed E-state index contributed by atoms with van der Waals surface area (Å²) >= 11 is 0. The zero-order valence-corrected chi connectivity index (χ0v) is 17.2. The predicted octanol–water partition coefficient (Wildman–Crippen LogP) is 3.79. The highest BCUT2D eigenvalue weighted by Crippen LogP contribution is 2.35. The first kappa shape index (κ1) is 20.9. The number of anilines is 2. The fourth-order valence-electron chi connectivity index (χ4n) is 3.74. The maximum atomic E-state index is 13.2. The van der Waals surface area contributed by atoms with Gasteiger partial charge in [0.1, 0.15) is 6.61 Å². The zero-order chi connectivity index (χ0) is 23.0. The summed E-state index contributed by atoms with van der Waals surface area (Å²) in [6.07, 6.45) is -1.38. The minimum absolute atomic E-state index is 0.131. The van der Waals surface area contributed by atoms with Gasteiger partial charge in [-0.25, -0.2) is 9.97 Å². The van der Waals surface area contributed by atoms with Crippen LogP contribution in [0.15, 0.2) is 47.5 Å². The fraction of sp³-hybridized carbons (Fsp3) is 0.227. The third-order valence-corrected chi connectivity index (χ3v) is 5.34. The van der Waals surface area contributed by atoms with E-state index >= 15 is 0 Å². The van der Waals surface area contributed by atoms with Gasteiger partial charge in [-0.3, -0.25) is 4.79 Å². The SMILES string of the molecule is O=c1[nH]cc(C(F)(F)F)cc1-c1nc2c(c(NCCc3c[nH]c4ccccc34)n1)OCCN2. The first-order valence-corrected chi connectivity index (χ1v) is 10.3. The standard InChI is InChI=1S/C22H19F3N6O2/c23-22(24,25)13-9-15(21(32)29-11-13)18-30-19(17-20(31-18)27-7-8-33-17)26-6-5-12-10-28-16-4-2-1-3-14(12)16/h1-4,9-11,28H,5-8H2,(H,29,32)(H2,26,27,30,31). The third-order valence-electron chi connectivity index (χ3n) is 5.34. The largest absolute Gasteiger partial charge is 0.485 e. The molecule has 0 bridgehead atoms. The Bertz CT molecular complexity index is 1380. The van der Waals surface area contributed by atoms with Gasteiger partial charge in [0, 0.05) is 29.8 Å². The minimum Gasteiger partial charge on any atom is -0.485 e.